The topological polar surface area (TPSA) is 136 Å². The molecule has 1 saturated carbocycles. The van der Waals surface area contributed by atoms with Crippen LogP contribution in [0.4, 0.5) is 5.69 Å². The lowest BCUT2D eigenvalue weighted by atomic mass is 9.81. The minimum atomic E-state index is -0.876. The summed E-state index contributed by atoms with van der Waals surface area (Å²) >= 11 is 0. The smallest absolute Gasteiger partial charge is 0.304 e. The standard InChI is InChI=1S/C25H38N6O4/c1-24(2,3)16-25(4,5)30-23(27-28-29-30)22(18-12-9-13-19(14-18)31(34)35)26-20(15-21(32)33)17-10-7-6-8-11-17/h9,12-14,17,20,22,26H,6-8,10-11,15-16H2,1-5H3,(H,32,33). The fourth-order valence-electron chi connectivity index (χ4n) is 5.62. The number of tetrazole rings is 1. The molecule has 3 rings (SSSR count). The fraction of sp³-hybridized carbons (Fsp3) is 0.680. The highest BCUT2D eigenvalue weighted by Crippen LogP contribution is 2.36. The minimum absolute atomic E-state index is 0.00905. The van der Waals surface area contributed by atoms with E-state index >= 15 is 0 Å². The molecule has 2 unspecified atom stereocenters. The van der Waals surface area contributed by atoms with E-state index in [1.165, 1.54) is 12.1 Å². The van der Waals surface area contributed by atoms with Gasteiger partial charge in [-0.2, -0.15) is 0 Å². The third kappa shape index (κ3) is 7.06. The van der Waals surface area contributed by atoms with Crippen molar-refractivity contribution in [3.8, 4) is 0 Å². The minimum Gasteiger partial charge on any atom is -0.481 e. The highest BCUT2D eigenvalue weighted by molar-refractivity contribution is 5.67. The van der Waals surface area contributed by atoms with Gasteiger partial charge in [-0.25, -0.2) is 4.68 Å². The van der Waals surface area contributed by atoms with Crippen LogP contribution in [0.1, 0.15) is 97.0 Å². The second-order valence-corrected chi connectivity index (χ2v) is 11.6. The van der Waals surface area contributed by atoms with E-state index in [0.717, 1.165) is 38.5 Å². The van der Waals surface area contributed by atoms with Crippen LogP contribution >= 0.6 is 0 Å². The molecule has 35 heavy (non-hydrogen) atoms. The number of nitrogens with zero attached hydrogens (tertiary/aromatic N) is 5. The van der Waals surface area contributed by atoms with E-state index in [1.807, 2.05) is 0 Å². The van der Waals surface area contributed by atoms with E-state index in [1.54, 1.807) is 16.8 Å². The van der Waals surface area contributed by atoms with Crippen LogP contribution in [0.25, 0.3) is 0 Å². The zero-order valence-corrected chi connectivity index (χ0v) is 21.4. The number of nitro groups is 1. The molecule has 2 N–H and O–H groups in total. The molecule has 0 saturated heterocycles. The summed E-state index contributed by atoms with van der Waals surface area (Å²) in [5.74, 6) is -0.155. The summed E-state index contributed by atoms with van der Waals surface area (Å²) in [4.78, 5) is 22.9. The van der Waals surface area contributed by atoms with Gasteiger partial charge in [0, 0.05) is 18.2 Å². The monoisotopic (exact) mass is 486 g/mol. The Morgan fingerprint density at radius 1 is 1.23 bits per heavy atom. The van der Waals surface area contributed by atoms with Crippen LogP contribution in [0, 0.1) is 21.4 Å². The lowest BCUT2D eigenvalue weighted by Crippen LogP contribution is -2.43. The first-order chi connectivity index (χ1) is 16.4. The molecule has 0 aliphatic heterocycles. The Morgan fingerprint density at radius 3 is 2.51 bits per heavy atom. The van der Waals surface area contributed by atoms with E-state index in [-0.39, 0.29) is 29.5 Å². The molecule has 10 heteroatoms. The molecular formula is C25H38N6O4. The van der Waals surface area contributed by atoms with Gasteiger partial charge in [-0.3, -0.25) is 20.2 Å². The number of carboxylic acids is 1. The normalized spacial score (nSPS) is 17.2. The third-order valence-electron chi connectivity index (χ3n) is 6.70. The molecule has 1 aliphatic rings. The van der Waals surface area contributed by atoms with E-state index in [0.29, 0.717) is 11.4 Å². The Labute approximate surface area is 206 Å². The lowest BCUT2D eigenvalue weighted by molar-refractivity contribution is -0.384. The Morgan fingerprint density at radius 2 is 1.91 bits per heavy atom. The second kappa shape index (κ2) is 10.8. The van der Waals surface area contributed by atoms with E-state index < -0.39 is 22.5 Å². The van der Waals surface area contributed by atoms with Gasteiger partial charge < -0.3 is 5.11 Å². The van der Waals surface area contributed by atoms with Crippen LogP contribution in [-0.4, -0.2) is 42.2 Å². The van der Waals surface area contributed by atoms with Gasteiger partial charge in [-0.1, -0.05) is 52.2 Å². The second-order valence-electron chi connectivity index (χ2n) is 11.6. The van der Waals surface area contributed by atoms with Crippen molar-refractivity contribution >= 4 is 11.7 Å². The van der Waals surface area contributed by atoms with Crippen molar-refractivity contribution in [3.63, 3.8) is 0 Å². The van der Waals surface area contributed by atoms with Crippen LogP contribution in [0.15, 0.2) is 24.3 Å². The maximum atomic E-state index is 11.8. The average molecular weight is 487 g/mol. The van der Waals surface area contributed by atoms with Crippen LogP contribution < -0.4 is 5.32 Å². The molecule has 0 bridgehead atoms. The molecule has 1 heterocycles. The van der Waals surface area contributed by atoms with Crippen molar-refractivity contribution in [2.24, 2.45) is 11.3 Å². The van der Waals surface area contributed by atoms with Gasteiger partial charge in [0.1, 0.15) is 0 Å². The summed E-state index contributed by atoms with van der Waals surface area (Å²) in [5, 5.41) is 37.4. The first kappa shape index (κ1) is 26.7. The highest BCUT2D eigenvalue weighted by Gasteiger charge is 2.36. The lowest BCUT2D eigenvalue weighted by Gasteiger charge is -2.36. The molecule has 1 aromatic carbocycles. The number of hydrogen-bond donors (Lipinski definition) is 2. The molecule has 0 amide bonds. The first-order valence-electron chi connectivity index (χ1n) is 12.4. The third-order valence-corrected chi connectivity index (χ3v) is 6.70. The number of hydrogen-bond acceptors (Lipinski definition) is 7. The molecule has 192 valence electrons. The van der Waals surface area contributed by atoms with Gasteiger partial charge in [-0.15, -0.1) is 5.10 Å². The Kier molecular flexibility index (Phi) is 8.25. The number of rotatable bonds is 10. The summed E-state index contributed by atoms with van der Waals surface area (Å²) in [6.07, 6.45) is 5.95. The number of aromatic nitrogens is 4. The van der Waals surface area contributed by atoms with Crippen molar-refractivity contribution in [2.45, 2.75) is 97.2 Å². The number of non-ortho nitro benzene ring substituents is 1. The van der Waals surface area contributed by atoms with Crippen molar-refractivity contribution in [1.82, 2.24) is 25.5 Å². The van der Waals surface area contributed by atoms with Crippen molar-refractivity contribution < 1.29 is 14.8 Å². The molecule has 10 nitrogen and oxygen atoms in total. The molecule has 2 aromatic rings. The van der Waals surface area contributed by atoms with Gasteiger partial charge in [0.15, 0.2) is 5.82 Å². The number of aliphatic carboxylic acids is 1. The van der Waals surface area contributed by atoms with Crippen molar-refractivity contribution in [1.29, 1.82) is 0 Å². The summed E-state index contributed by atoms with van der Waals surface area (Å²) in [6, 6.07) is 5.50. The van der Waals surface area contributed by atoms with Gasteiger partial charge in [0.2, 0.25) is 0 Å². The predicted octanol–water partition coefficient (Wildman–Crippen LogP) is 4.86. The number of carbonyl (C=O) groups is 1. The molecule has 1 fully saturated rings. The highest BCUT2D eigenvalue weighted by atomic mass is 16.6. The summed E-state index contributed by atoms with van der Waals surface area (Å²) in [5.41, 5.74) is 0.169. The van der Waals surface area contributed by atoms with Crippen LogP contribution in [0.5, 0.6) is 0 Å². The summed E-state index contributed by atoms with van der Waals surface area (Å²) in [6.45, 7) is 10.6. The largest absolute Gasteiger partial charge is 0.481 e. The first-order valence-corrected chi connectivity index (χ1v) is 12.4. The van der Waals surface area contributed by atoms with Crippen LogP contribution in [0.2, 0.25) is 0 Å². The molecule has 1 aromatic heterocycles. The quantitative estimate of drug-likeness (QED) is 0.359. The Hall–Kier alpha value is -2.88. The van der Waals surface area contributed by atoms with Gasteiger partial charge in [-0.05, 0) is 60.4 Å². The van der Waals surface area contributed by atoms with E-state index in [4.69, 9.17) is 0 Å². The molecule has 0 spiro atoms. The number of nitro benzene ring substituents is 1. The maximum absolute atomic E-state index is 11.8. The molecule has 1 aliphatic carbocycles. The molecular weight excluding hydrogens is 448 g/mol. The molecule has 0 radical (unpaired) electrons. The van der Waals surface area contributed by atoms with Crippen LogP contribution in [0.3, 0.4) is 0 Å². The van der Waals surface area contributed by atoms with Crippen molar-refractivity contribution in [2.75, 3.05) is 0 Å². The molecule has 2 atom stereocenters. The predicted molar refractivity (Wildman–Crippen MR) is 132 cm³/mol. The number of nitrogens with one attached hydrogen (secondary N) is 1. The van der Waals surface area contributed by atoms with Gasteiger partial charge in [0.25, 0.3) is 5.69 Å². The van der Waals surface area contributed by atoms with Gasteiger partial charge >= 0.3 is 5.97 Å². The Balaban J connectivity index is 2.08. The average Bonchev–Trinajstić information content (AvgIpc) is 3.26. The SMILES string of the molecule is CC(C)(C)CC(C)(C)n1nnnc1C(NC(CC(=O)O)C1CCCCC1)c1cccc([N+](=O)[O-])c1. The summed E-state index contributed by atoms with van der Waals surface area (Å²) < 4.78 is 1.79. The Bertz CT molecular complexity index is 1020. The van der Waals surface area contributed by atoms with Gasteiger partial charge in [0.05, 0.1) is 22.9 Å². The van der Waals surface area contributed by atoms with E-state index in [9.17, 15) is 20.0 Å². The fourth-order valence-corrected chi connectivity index (χ4v) is 5.62. The zero-order chi connectivity index (χ0) is 25.8. The summed E-state index contributed by atoms with van der Waals surface area (Å²) in [7, 11) is 0. The van der Waals surface area contributed by atoms with Crippen LogP contribution in [-0.2, 0) is 10.3 Å². The zero-order valence-electron chi connectivity index (χ0n) is 21.4. The van der Waals surface area contributed by atoms with E-state index in [2.05, 4.69) is 55.5 Å². The van der Waals surface area contributed by atoms with Crippen molar-refractivity contribution in [3.05, 3.63) is 45.8 Å². The number of benzene rings is 1. The number of carboxylic acid groups (broad SMARTS) is 1. The maximum Gasteiger partial charge on any atom is 0.304 e.